The third kappa shape index (κ3) is 5.10. The van der Waals surface area contributed by atoms with Crippen LogP contribution in [-0.4, -0.2) is 36.0 Å². The van der Waals surface area contributed by atoms with Crippen LogP contribution >= 0.6 is 7.60 Å². The van der Waals surface area contributed by atoms with Gasteiger partial charge in [-0.25, -0.2) is 9.36 Å². The Morgan fingerprint density at radius 2 is 1.78 bits per heavy atom. The summed E-state index contributed by atoms with van der Waals surface area (Å²) in [5, 5.41) is 0. The van der Waals surface area contributed by atoms with Crippen LogP contribution in [0.2, 0.25) is 0 Å². The summed E-state index contributed by atoms with van der Waals surface area (Å²) >= 11 is 0. The minimum absolute atomic E-state index is 0.0494. The summed E-state index contributed by atoms with van der Waals surface area (Å²) in [6.45, 7) is 7.07. The average molecular weight is 278 g/mol. The smallest absolute Gasteiger partial charge is 0.456 e. The molecule has 0 saturated carbocycles. The molecular weight excluding hydrogens is 259 g/mol. The van der Waals surface area contributed by atoms with E-state index in [4.69, 9.17) is 19.3 Å². The van der Waals surface area contributed by atoms with E-state index in [1.807, 2.05) is 13.8 Å². The zero-order chi connectivity index (χ0) is 14.2. The van der Waals surface area contributed by atoms with Crippen LogP contribution in [0.5, 0.6) is 0 Å². The van der Waals surface area contributed by atoms with E-state index in [0.717, 1.165) is 0 Å². The summed E-state index contributed by atoms with van der Waals surface area (Å²) in [7, 11) is -3.92. The molecule has 0 bridgehead atoms. The van der Waals surface area contributed by atoms with E-state index in [0.29, 0.717) is 0 Å². The Morgan fingerprint density at radius 1 is 1.28 bits per heavy atom. The first-order valence-corrected chi connectivity index (χ1v) is 7.24. The molecule has 104 valence electrons. The highest BCUT2D eigenvalue weighted by Gasteiger charge is 2.47. The van der Waals surface area contributed by atoms with Crippen LogP contribution < -0.4 is 0 Å². The fourth-order valence-electron chi connectivity index (χ4n) is 1.01. The van der Waals surface area contributed by atoms with Gasteiger partial charge in [-0.2, -0.15) is 0 Å². The van der Waals surface area contributed by atoms with Crippen LogP contribution in [0.4, 0.5) is 0 Å². The maximum absolute atomic E-state index is 12.2. The van der Waals surface area contributed by atoms with Gasteiger partial charge in [0.25, 0.3) is 0 Å². The first-order chi connectivity index (χ1) is 8.41. The minimum Gasteiger partial charge on any atom is -0.456 e. The van der Waals surface area contributed by atoms with E-state index in [1.165, 1.54) is 0 Å². The second-order valence-corrected chi connectivity index (χ2v) is 5.68. The van der Waals surface area contributed by atoms with Crippen molar-refractivity contribution in [2.45, 2.75) is 27.7 Å². The fourth-order valence-corrected chi connectivity index (χ4v) is 2.41. The van der Waals surface area contributed by atoms with Crippen molar-refractivity contribution in [3.8, 4) is 0 Å². The van der Waals surface area contributed by atoms with Crippen molar-refractivity contribution in [3.05, 3.63) is 5.53 Å². The van der Waals surface area contributed by atoms with E-state index in [9.17, 15) is 9.36 Å². The first-order valence-electron chi connectivity index (χ1n) is 5.70. The number of rotatable bonds is 8. The van der Waals surface area contributed by atoms with Gasteiger partial charge in [0.1, 0.15) is 0 Å². The van der Waals surface area contributed by atoms with Crippen molar-refractivity contribution in [2.75, 3.05) is 19.8 Å². The van der Waals surface area contributed by atoms with Gasteiger partial charge in [-0.05, 0) is 19.8 Å². The van der Waals surface area contributed by atoms with Gasteiger partial charge >= 0.3 is 19.0 Å². The van der Waals surface area contributed by atoms with Crippen molar-refractivity contribution in [3.63, 3.8) is 0 Å². The molecule has 18 heavy (non-hydrogen) atoms. The van der Waals surface area contributed by atoms with Crippen molar-refractivity contribution in [2.24, 2.45) is 5.92 Å². The summed E-state index contributed by atoms with van der Waals surface area (Å²) in [4.78, 5) is 14.3. The molecule has 0 unspecified atom stereocenters. The number of carbonyl (C=O) groups is 1. The molecule has 8 heteroatoms. The molecule has 0 rings (SSSR count). The van der Waals surface area contributed by atoms with Gasteiger partial charge in [-0.15, -0.1) is 4.79 Å². The number of esters is 1. The second-order valence-electron chi connectivity index (χ2n) is 3.75. The van der Waals surface area contributed by atoms with Crippen LogP contribution in [0.1, 0.15) is 27.7 Å². The van der Waals surface area contributed by atoms with Gasteiger partial charge in [-0.1, -0.05) is 13.8 Å². The van der Waals surface area contributed by atoms with E-state index in [-0.39, 0.29) is 25.7 Å². The van der Waals surface area contributed by atoms with Crippen molar-refractivity contribution < 1.29 is 27.9 Å². The Kier molecular flexibility index (Phi) is 7.71. The lowest BCUT2D eigenvalue weighted by molar-refractivity contribution is -0.140. The molecule has 0 aliphatic carbocycles. The number of ether oxygens (including phenoxy) is 1. The van der Waals surface area contributed by atoms with Crippen molar-refractivity contribution in [1.82, 2.24) is 0 Å². The summed E-state index contributed by atoms with van der Waals surface area (Å²) in [6.07, 6.45) is 0. The van der Waals surface area contributed by atoms with Gasteiger partial charge in [0.05, 0.1) is 19.8 Å². The van der Waals surface area contributed by atoms with E-state index in [2.05, 4.69) is 4.79 Å². The van der Waals surface area contributed by atoms with Gasteiger partial charge in [0, 0.05) is 0 Å². The highest BCUT2D eigenvalue weighted by molar-refractivity contribution is 7.74. The lowest BCUT2D eigenvalue weighted by atomic mass is 10.2. The molecule has 0 spiro atoms. The van der Waals surface area contributed by atoms with Crippen LogP contribution in [0.15, 0.2) is 0 Å². The number of carbonyl (C=O) groups excluding carboxylic acids is 1. The third-order valence-corrected chi connectivity index (χ3v) is 3.67. The predicted molar refractivity (Wildman–Crippen MR) is 65.3 cm³/mol. The van der Waals surface area contributed by atoms with Crippen LogP contribution in [0.25, 0.3) is 5.53 Å². The van der Waals surface area contributed by atoms with Gasteiger partial charge in [-0.3, -0.25) is 0 Å². The molecule has 0 aromatic carbocycles. The summed E-state index contributed by atoms with van der Waals surface area (Å²) < 4.78 is 26.8. The molecule has 0 N–H and O–H groups in total. The first kappa shape index (κ1) is 17.0. The zero-order valence-electron chi connectivity index (χ0n) is 11.1. The van der Waals surface area contributed by atoms with Crippen LogP contribution in [-0.2, 0) is 23.1 Å². The molecule has 0 aromatic rings. The molecule has 7 nitrogen and oxygen atoms in total. The van der Waals surface area contributed by atoms with Crippen molar-refractivity contribution >= 4 is 19.0 Å². The van der Waals surface area contributed by atoms with Crippen LogP contribution in [0, 0.1) is 5.92 Å². The monoisotopic (exact) mass is 278 g/mol. The molecular formula is C10H19N2O5P. The topological polar surface area (TPSA) is 98.2 Å². The SMILES string of the molecule is CCOP(=O)(OCC)C(=[N+]=[N-])C(=O)OCC(C)C. The third-order valence-electron chi connectivity index (χ3n) is 1.68. The molecule has 0 aliphatic rings. The van der Waals surface area contributed by atoms with Crippen LogP contribution in [0.3, 0.4) is 0 Å². The molecule has 0 amide bonds. The molecule has 0 saturated heterocycles. The van der Waals surface area contributed by atoms with Gasteiger partial charge < -0.3 is 19.3 Å². The van der Waals surface area contributed by atoms with E-state index in [1.54, 1.807) is 13.8 Å². The highest BCUT2D eigenvalue weighted by Crippen LogP contribution is 2.49. The maximum Gasteiger partial charge on any atom is 0.484 e. The Hall–Kier alpha value is -1.00. The van der Waals surface area contributed by atoms with Gasteiger partial charge in [0.15, 0.2) is 0 Å². The molecule has 0 heterocycles. The Balaban J connectivity index is 4.98. The molecule has 0 aliphatic heterocycles. The van der Waals surface area contributed by atoms with Crippen molar-refractivity contribution in [1.29, 1.82) is 0 Å². The molecule has 0 atom stereocenters. The largest absolute Gasteiger partial charge is 0.484 e. The van der Waals surface area contributed by atoms with Gasteiger partial charge in [0.2, 0.25) is 0 Å². The molecule has 0 fully saturated rings. The predicted octanol–water partition coefficient (Wildman–Crippen LogP) is 2.08. The lowest BCUT2D eigenvalue weighted by Crippen LogP contribution is -2.23. The number of nitrogens with zero attached hydrogens (tertiary/aromatic N) is 2. The quantitative estimate of drug-likeness (QED) is 0.222. The zero-order valence-corrected chi connectivity index (χ0v) is 12.0. The number of hydrogen-bond donors (Lipinski definition) is 0. The summed E-state index contributed by atoms with van der Waals surface area (Å²) in [6, 6.07) is 0. The lowest BCUT2D eigenvalue weighted by Gasteiger charge is -2.12. The maximum atomic E-state index is 12.2. The Morgan fingerprint density at radius 3 is 2.11 bits per heavy atom. The normalized spacial score (nSPS) is 11.2. The minimum atomic E-state index is -3.92. The molecule has 0 radical (unpaired) electrons. The number of hydrogen-bond acceptors (Lipinski definition) is 5. The Bertz CT molecular complexity index is 366. The average Bonchev–Trinajstić information content (AvgIpc) is 2.27. The highest BCUT2D eigenvalue weighted by atomic mass is 31.2. The summed E-state index contributed by atoms with van der Waals surface area (Å²) in [5.41, 5.74) is 8.08. The second kappa shape index (κ2) is 8.16. The fraction of sp³-hybridized carbons (Fsp3) is 0.800. The standard InChI is InChI=1S/C10H19N2O5P/c1-5-16-18(14,17-6-2)9(12-11)10(13)15-7-8(3)4/h8H,5-7H2,1-4H3. The van der Waals surface area contributed by atoms with E-state index >= 15 is 0 Å². The Labute approximate surface area is 107 Å². The summed E-state index contributed by atoms with van der Waals surface area (Å²) in [5.74, 6) is -0.899. The van der Waals surface area contributed by atoms with E-state index < -0.39 is 19.0 Å². The molecule has 0 aromatic heterocycles.